The first-order chi connectivity index (χ1) is 16.9. The lowest BCUT2D eigenvalue weighted by atomic mass is 9.98. The van der Waals surface area contributed by atoms with Gasteiger partial charge in [0.2, 0.25) is 11.8 Å². The van der Waals surface area contributed by atoms with Crippen LogP contribution >= 0.6 is 0 Å². The van der Waals surface area contributed by atoms with Crippen molar-refractivity contribution in [3.05, 3.63) is 86.1 Å². The minimum atomic E-state index is -0.771. The van der Waals surface area contributed by atoms with Crippen LogP contribution in [0.4, 0.5) is 0 Å². The summed E-state index contributed by atoms with van der Waals surface area (Å²) in [5, 5.41) is 16.7. The number of rotatable bonds is 7. The molecule has 10 nitrogen and oxygen atoms in total. The smallest absolute Gasteiger partial charge is 0.331 e. The van der Waals surface area contributed by atoms with Gasteiger partial charge in [0, 0.05) is 12.8 Å². The van der Waals surface area contributed by atoms with Gasteiger partial charge >= 0.3 is 5.69 Å². The zero-order chi connectivity index (χ0) is 25.1. The number of nitrogens with one attached hydrogen (secondary N) is 1. The predicted octanol–water partition coefficient (Wildman–Crippen LogP) is 2.40. The van der Waals surface area contributed by atoms with Crippen LogP contribution in [0, 0.1) is 0 Å². The van der Waals surface area contributed by atoms with E-state index in [4.69, 9.17) is 9.47 Å². The molecule has 1 amide bonds. The molecule has 1 aliphatic rings. The van der Waals surface area contributed by atoms with Crippen molar-refractivity contribution >= 4 is 11.6 Å². The number of carbonyl (C=O) groups excluding carboxylic acids is 1. The molecule has 0 saturated heterocycles. The minimum Gasteiger partial charge on any atom is -0.494 e. The SMILES string of the molecule is CCC(=O)N1N=C(c2c(O)n(Cc3ccccc3)c(=O)[nH]c2=O)CC1c1ccc(OC)c(OC)c1. The van der Waals surface area contributed by atoms with Gasteiger partial charge in [-0.25, -0.2) is 9.80 Å². The molecule has 1 aliphatic heterocycles. The molecule has 2 aromatic carbocycles. The van der Waals surface area contributed by atoms with Crippen LogP contribution in [0.2, 0.25) is 0 Å². The lowest BCUT2D eigenvalue weighted by Gasteiger charge is -2.22. The van der Waals surface area contributed by atoms with E-state index in [-0.39, 0.29) is 36.6 Å². The molecule has 0 radical (unpaired) electrons. The molecule has 35 heavy (non-hydrogen) atoms. The Morgan fingerprint density at radius 2 is 1.83 bits per heavy atom. The zero-order valence-corrected chi connectivity index (χ0v) is 19.6. The van der Waals surface area contributed by atoms with Gasteiger partial charge in [-0.05, 0) is 23.3 Å². The number of nitrogens with zero attached hydrogens (tertiary/aromatic N) is 3. The Labute approximate surface area is 201 Å². The van der Waals surface area contributed by atoms with Gasteiger partial charge in [0.05, 0.1) is 32.5 Å². The molecule has 1 atom stereocenters. The van der Waals surface area contributed by atoms with Gasteiger partial charge in [0.25, 0.3) is 5.56 Å². The lowest BCUT2D eigenvalue weighted by molar-refractivity contribution is -0.132. The van der Waals surface area contributed by atoms with Crippen molar-refractivity contribution < 1.29 is 19.4 Å². The van der Waals surface area contributed by atoms with Gasteiger partial charge in [-0.2, -0.15) is 5.10 Å². The van der Waals surface area contributed by atoms with E-state index in [0.717, 1.165) is 15.7 Å². The Balaban J connectivity index is 1.77. The average Bonchev–Trinajstić information content (AvgIpc) is 3.31. The number of H-pyrrole nitrogens is 1. The summed E-state index contributed by atoms with van der Waals surface area (Å²) in [4.78, 5) is 40.3. The highest BCUT2D eigenvalue weighted by Crippen LogP contribution is 2.38. The van der Waals surface area contributed by atoms with Crippen molar-refractivity contribution in [2.45, 2.75) is 32.4 Å². The molecule has 0 spiro atoms. The minimum absolute atomic E-state index is 0.0548. The molecule has 1 unspecified atom stereocenters. The average molecular weight is 479 g/mol. The third-order valence-corrected chi connectivity index (χ3v) is 5.90. The second-order valence-electron chi connectivity index (χ2n) is 8.00. The van der Waals surface area contributed by atoms with Crippen LogP contribution in [0.15, 0.2) is 63.2 Å². The number of aromatic hydroxyl groups is 1. The van der Waals surface area contributed by atoms with Crippen LogP contribution < -0.4 is 20.7 Å². The molecule has 1 aromatic heterocycles. The number of hydrazone groups is 1. The van der Waals surface area contributed by atoms with Crippen LogP contribution in [-0.2, 0) is 11.3 Å². The predicted molar refractivity (Wildman–Crippen MR) is 129 cm³/mol. The highest BCUT2D eigenvalue weighted by Gasteiger charge is 2.35. The van der Waals surface area contributed by atoms with Gasteiger partial charge < -0.3 is 14.6 Å². The number of ether oxygens (including phenoxy) is 2. The van der Waals surface area contributed by atoms with E-state index in [2.05, 4.69) is 10.1 Å². The number of hydrogen-bond donors (Lipinski definition) is 2. The molecule has 0 fully saturated rings. The quantitative estimate of drug-likeness (QED) is 0.537. The molecule has 2 heterocycles. The van der Waals surface area contributed by atoms with E-state index in [1.165, 1.54) is 19.2 Å². The topological polar surface area (TPSA) is 126 Å². The van der Waals surface area contributed by atoms with Crippen LogP contribution in [0.3, 0.4) is 0 Å². The first-order valence-corrected chi connectivity index (χ1v) is 11.1. The maximum Gasteiger partial charge on any atom is 0.331 e. The highest BCUT2D eigenvalue weighted by molar-refractivity contribution is 6.04. The number of amides is 1. The van der Waals surface area contributed by atoms with E-state index in [1.807, 2.05) is 18.2 Å². The lowest BCUT2D eigenvalue weighted by Crippen LogP contribution is -2.34. The molecular formula is C25H26N4O6. The van der Waals surface area contributed by atoms with Crippen molar-refractivity contribution in [1.29, 1.82) is 0 Å². The number of benzene rings is 2. The van der Waals surface area contributed by atoms with Gasteiger partial charge in [-0.15, -0.1) is 0 Å². The largest absolute Gasteiger partial charge is 0.494 e. The number of hydrogen-bond acceptors (Lipinski definition) is 7. The van der Waals surface area contributed by atoms with Crippen molar-refractivity contribution in [3.8, 4) is 17.4 Å². The summed E-state index contributed by atoms with van der Waals surface area (Å²) in [5.41, 5.74) is 0.0348. The molecule has 2 N–H and O–H groups in total. The second-order valence-corrected chi connectivity index (χ2v) is 8.00. The molecular weight excluding hydrogens is 452 g/mol. The van der Waals surface area contributed by atoms with Crippen LogP contribution in [0.1, 0.15) is 42.5 Å². The zero-order valence-electron chi connectivity index (χ0n) is 19.6. The Kier molecular flexibility index (Phi) is 6.72. The Morgan fingerprint density at radius 3 is 2.49 bits per heavy atom. The number of carbonyl (C=O) groups is 1. The van der Waals surface area contributed by atoms with E-state index in [1.54, 1.807) is 37.3 Å². The van der Waals surface area contributed by atoms with Crippen molar-refractivity contribution in [1.82, 2.24) is 14.6 Å². The van der Waals surface area contributed by atoms with E-state index < -0.39 is 23.2 Å². The number of aromatic nitrogens is 2. The Hall–Kier alpha value is -4.34. The second kappa shape index (κ2) is 9.88. The third-order valence-electron chi connectivity index (χ3n) is 5.90. The highest BCUT2D eigenvalue weighted by atomic mass is 16.5. The fourth-order valence-electron chi connectivity index (χ4n) is 4.11. The van der Waals surface area contributed by atoms with E-state index >= 15 is 0 Å². The summed E-state index contributed by atoms with van der Waals surface area (Å²) in [7, 11) is 3.04. The molecule has 10 heteroatoms. The summed E-state index contributed by atoms with van der Waals surface area (Å²) in [6.45, 7) is 1.77. The maximum atomic E-state index is 12.8. The summed E-state index contributed by atoms with van der Waals surface area (Å²) in [6, 6.07) is 13.8. The number of aromatic amines is 1. The van der Waals surface area contributed by atoms with E-state index in [9.17, 15) is 19.5 Å². The van der Waals surface area contributed by atoms with Crippen LogP contribution in [-0.4, -0.2) is 45.5 Å². The van der Waals surface area contributed by atoms with Gasteiger partial charge in [0.15, 0.2) is 11.5 Å². The summed E-state index contributed by atoms with van der Waals surface area (Å²) in [5.74, 6) is 0.261. The third kappa shape index (κ3) is 4.54. The molecule has 0 aliphatic carbocycles. The first-order valence-electron chi connectivity index (χ1n) is 11.1. The van der Waals surface area contributed by atoms with Crippen LogP contribution in [0.25, 0.3) is 0 Å². The van der Waals surface area contributed by atoms with Gasteiger partial charge in [0.1, 0.15) is 5.56 Å². The molecule has 0 saturated carbocycles. The monoisotopic (exact) mass is 478 g/mol. The first kappa shape index (κ1) is 23.8. The van der Waals surface area contributed by atoms with Gasteiger partial charge in [-0.3, -0.25) is 19.1 Å². The maximum absolute atomic E-state index is 12.8. The summed E-state index contributed by atoms with van der Waals surface area (Å²) in [6.07, 6.45) is 0.345. The fraction of sp³-hybridized carbons (Fsp3) is 0.280. The Morgan fingerprint density at radius 1 is 1.11 bits per heavy atom. The fourth-order valence-corrected chi connectivity index (χ4v) is 4.11. The van der Waals surface area contributed by atoms with Crippen molar-refractivity contribution in [2.75, 3.05) is 14.2 Å². The van der Waals surface area contributed by atoms with Gasteiger partial charge in [-0.1, -0.05) is 43.3 Å². The van der Waals surface area contributed by atoms with Crippen LogP contribution in [0.5, 0.6) is 17.4 Å². The normalized spacial score (nSPS) is 15.1. The van der Waals surface area contributed by atoms with Crippen molar-refractivity contribution in [2.24, 2.45) is 5.10 Å². The molecule has 0 bridgehead atoms. The summed E-state index contributed by atoms with van der Waals surface area (Å²) < 4.78 is 11.8. The Bertz CT molecular complexity index is 1390. The van der Waals surface area contributed by atoms with E-state index in [0.29, 0.717) is 11.5 Å². The number of methoxy groups -OCH3 is 2. The standard InChI is InChI=1S/C25H26N4O6/c1-4-21(30)29-18(16-10-11-19(34-2)20(12-16)35-3)13-17(27-29)22-23(31)26-25(33)28(24(22)32)14-15-8-6-5-7-9-15/h5-12,18,32H,4,13-14H2,1-3H3,(H,26,31,33). The van der Waals surface area contributed by atoms with Crippen molar-refractivity contribution in [3.63, 3.8) is 0 Å². The summed E-state index contributed by atoms with van der Waals surface area (Å²) >= 11 is 0. The molecule has 182 valence electrons. The molecule has 4 rings (SSSR count). The molecule has 3 aromatic rings.